The first kappa shape index (κ1) is 18.2. The maximum absolute atomic E-state index is 11.2. The topological polar surface area (TPSA) is 55.8 Å². The summed E-state index contributed by atoms with van der Waals surface area (Å²) in [5, 5.41) is 0. The summed E-state index contributed by atoms with van der Waals surface area (Å²) in [7, 11) is 3.46. The van der Waals surface area contributed by atoms with Crippen LogP contribution in [0, 0.1) is 5.41 Å². The van der Waals surface area contributed by atoms with E-state index in [0.717, 1.165) is 30.5 Å². The first-order valence-corrected chi connectivity index (χ1v) is 7.33. The van der Waals surface area contributed by atoms with E-state index in [4.69, 9.17) is 9.47 Å². The first-order chi connectivity index (χ1) is 10.4. The molecule has 22 heavy (non-hydrogen) atoms. The molecule has 1 aromatic rings. The van der Waals surface area contributed by atoms with Gasteiger partial charge in [0.05, 0.1) is 19.8 Å². The summed E-state index contributed by atoms with van der Waals surface area (Å²) in [6.45, 7) is 4.74. The van der Waals surface area contributed by atoms with Gasteiger partial charge < -0.3 is 19.1 Å². The molecule has 0 saturated carbocycles. The molecule has 5 nitrogen and oxygen atoms in total. The Balaban J connectivity index is 2.42. The van der Waals surface area contributed by atoms with Gasteiger partial charge in [-0.1, -0.05) is 19.9 Å². The van der Waals surface area contributed by atoms with E-state index >= 15 is 0 Å². The van der Waals surface area contributed by atoms with Crippen molar-refractivity contribution in [3.63, 3.8) is 0 Å². The van der Waals surface area contributed by atoms with Gasteiger partial charge in [0.1, 0.15) is 24.1 Å². The summed E-state index contributed by atoms with van der Waals surface area (Å²) >= 11 is 0. The van der Waals surface area contributed by atoms with Crippen LogP contribution in [0.15, 0.2) is 24.3 Å². The van der Waals surface area contributed by atoms with Crippen LogP contribution in [0.4, 0.5) is 0 Å². The van der Waals surface area contributed by atoms with E-state index in [2.05, 4.69) is 0 Å². The Morgan fingerprint density at radius 1 is 1.27 bits per heavy atom. The number of likely N-dealkylation sites (N-methyl/N-ethyl adjacent to an activating group) is 1. The second-order valence-corrected chi connectivity index (χ2v) is 5.88. The maximum atomic E-state index is 11.2. The average Bonchev–Trinajstić information content (AvgIpc) is 2.52. The summed E-state index contributed by atoms with van der Waals surface area (Å²) < 4.78 is 10.8. The molecule has 0 aliphatic heterocycles. The van der Waals surface area contributed by atoms with E-state index in [1.54, 1.807) is 21.0 Å². The highest BCUT2D eigenvalue weighted by Gasteiger charge is 2.31. The Morgan fingerprint density at radius 2 is 1.95 bits per heavy atom. The molecule has 1 atom stereocenters. The lowest BCUT2D eigenvalue weighted by atomic mass is 9.86. The van der Waals surface area contributed by atoms with Crippen LogP contribution in [-0.2, 0) is 9.59 Å². The van der Waals surface area contributed by atoms with Gasteiger partial charge >= 0.3 is 0 Å². The third-order valence-electron chi connectivity index (χ3n) is 3.63. The summed E-state index contributed by atoms with van der Waals surface area (Å²) in [4.78, 5) is 24.2. The Morgan fingerprint density at radius 3 is 2.55 bits per heavy atom. The monoisotopic (exact) mass is 307 g/mol. The van der Waals surface area contributed by atoms with Gasteiger partial charge in [0.25, 0.3) is 0 Å². The molecular formula is C17H25NO4. The van der Waals surface area contributed by atoms with E-state index in [1.807, 2.05) is 36.2 Å². The molecular weight excluding hydrogens is 282 g/mol. The van der Waals surface area contributed by atoms with Gasteiger partial charge in [-0.3, -0.25) is 4.90 Å². The summed E-state index contributed by atoms with van der Waals surface area (Å²) in [5.41, 5.74) is -0.690. The molecule has 0 heterocycles. The van der Waals surface area contributed by atoms with Gasteiger partial charge in [-0.2, -0.15) is 0 Å². The minimum atomic E-state index is -0.690. The number of benzene rings is 1. The smallest absolute Gasteiger partial charge is 0.138 e. The molecule has 0 spiro atoms. The number of carbonyl (C=O) groups excluding carboxylic acids is 2. The number of nitrogens with zero attached hydrogens (tertiary/aromatic N) is 1. The van der Waals surface area contributed by atoms with E-state index < -0.39 is 11.5 Å². The van der Waals surface area contributed by atoms with Crippen molar-refractivity contribution in [2.45, 2.75) is 26.3 Å². The molecule has 0 amide bonds. The molecule has 1 unspecified atom stereocenters. The van der Waals surface area contributed by atoms with Gasteiger partial charge in [0, 0.05) is 18.0 Å². The quantitative estimate of drug-likeness (QED) is 0.490. The van der Waals surface area contributed by atoms with Crippen molar-refractivity contribution in [2.24, 2.45) is 5.41 Å². The van der Waals surface area contributed by atoms with Crippen LogP contribution in [0.2, 0.25) is 0 Å². The van der Waals surface area contributed by atoms with Crippen molar-refractivity contribution in [3.05, 3.63) is 24.3 Å². The molecule has 0 saturated heterocycles. The summed E-state index contributed by atoms with van der Waals surface area (Å²) in [5.74, 6) is 1.51. The predicted molar refractivity (Wildman–Crippen MR) is 85.4 cm³/mol. The molecule has 0 aromatic heterocycles. The van der Waals surface area contributed by atoms with Crippen LogP contribution in [0.1, 0.15) is 20.3 Å². The van der Waals surface area contributed by atoms with Gasteiger partial charge in [-0.05, 0) is 25.6 Å². The SMILES string of the molecule is COc1cccc(OCCCN(C)C(C=O)C(C)(C)C=O)c1. The van der Waals surface area contributed by atoms with Crippen LogP contribution < -0.4 is 9.47 Å². The largest absolute Gasteiger partial charge is 0.497 e. The zero-order chi connectivity index (χ0) is 16.6. The molecule has 0 aliphatic carbocycles. The van der Waals surface area contributed by atoms with Crippen LogP contribution in [0.5, 0.6) is 11.5 Å². The van der Waals surface area contributed by atoms with Gasteiger partial charge in [-0.25, -0.2) is 0 Å². The molecule has 0 fully saturated rings. The summed E-state index contributed by atoms with van der Waals surface area (Å²) in [6, 6.07) is 7.00. The van der Waals surface area contributed by atoms with Crippen LogP contribution in [0.3, 0.4) is 0 Å². The zero-order valence-electron chi connectivity index (χ0n) is 13.7. The van der Waals surface area contributed by atoms with E-state index in [0.29, 0.717) is 13.2 Å². The minimum absolute atomic E-state index is 0.429. The highest BCUT2D eigenvalue weighted by Crippen LogP contribution is 2.21. The van der Waals surface area contributed by atoms with E-state index in [-0.39, 0.29) is 0 Å². The van der Waals surface area contributed by atoms with Crippen LogP contribution >= 0.6 is 0 Å². The van der Waals surface area contributed by atoms with Crippen molar-refractivity contribution in [3.8, 4) is 11.5 Å². The second kappa shape index (κ2) is 8.54. The molecule has 0 N–H and O–H groups in total. The van der Waals surface area contributed by atoms with Crippen molar-refractivity contribution in [1.29, 1.82) is 0 Å². The number of rotatable bonds is 10. The molecule has 1 aromatic carbocycles. The molecule has 0 aliphatic rings. The lowest BCUT2D eigenvalue weighted by molar-refractivity contribution is -0.125. The lowest BCUT2D eigenvalue weighted by Crippen LogP contribution is -2.45. The number of hydrogen-bond donors (Lipinski definition) is 0. The fraction of sp³-hybridized carbons (Fsp3) is 0.529. The number of methoxy groups -OCH3 is 1. The number of carbonyl (C=O) groups is 2. The molecule has 1 rings (SSSR count). The highest BCUT2D eigenvalue weighted by atomic mass is 16.5. The van der Waals surface area contributed by atoms with Crippen molar-refractivity contribution in [2.75, 3.05) is 27.3 Å². The normalized spacial score (nSPS) is 12.8. The number of hydrogen-bond acceptors (Lipinski definition) is 5. The van der Waals surface area contributed by atoms with Gasteiger partial charge in [0.2, 0.25) is 0 Å². The highest BCUT2D eigenvalue weighted by molar-refractivity contribution is 5.71. The third kappa shape index (κ3) is 5.15. The average molecular weight is 307 g/mol. The van der Waals surface area contributed by atoms with E-state index in [9.17, 15) is 9.59 Å². The zero-order valence-corrected chi connectivity index (χ0v) is 13.7. The molecule has 122 valence electrons. The lowest BCUT2D eigenvalue weighted by Gasteiger charge is -2.32. The second-order valence-electron chi connectivity index (χ2n) is 5.88. The first-order valence-electron chi connectivity index (χ1n) is 7.33. The van der Waals surface area contributed by atoms with Gasteiger partial charge in [-0.15, -0.1) is 0 Å². The Kier molecular flexibility index (Phi) is 7.05. The van der Waals surface area contributed by atoms with Crippen molar-refractivity contribution in [1.82, 2.24) is 4.90 Å². The van der Waals surface area contributed by atoms with Crippen molar-refractivity contribution < 1.29 is 19.1 Å². The van der Waals surface area contributed by atoms with Crippen LogP contribution in [0.25, 0.3) is 0 Å². The predicted octanol–water partition coefficient (Wildman–Crippen LogP) is 2.19. The minimum Gasteiger partial charge on any atom is -0.497 e. The molecule has 0 bridgehead atoms. The standard InChI is InChI=1S/C17H25NO4/c1-17(2,13-20)16(12-19)18(3)9-6-10-22-15-8-5-7-14(11-15)21-4/h5,7-8,11-13,16H,6,9-10H2,1-4H3. The van der Waals surface area contributed by atoms with Crippen LogP contribution in [-0.4, -0.2) is 50.8 Å². The third-order valence-corrected chi connectivity index (χ3v) is 3.63. The fourth-order valence-electron chi connectivity index (χ4n) is 2.25. The van der Waals surface area contributed by atoms with Gasteiger partial charge in [0.15, 0.2) is 0 Å². The maximum Gasteiger partial charge on any atom is 0.138 e. The molecule has 0 radical (unpaired) electrons. The summed E-state index contributed by atoms with van der Waals surface area (Å²) in [6.07, 6.45) is 2.42. The Bertz CT molecular complexity index is 487. The Hall–Kier alpha value is -1.88. The molecule has 5 heteroatoms. The van der Waals surface area contributed by atoms with E-state index in [1.165, 1.54) is 0 Å². The number of ether oxygens (including phenoxy) is 2. The fourth-order valence-corrected chi connectivity index (χ4v) is 2.25. The Labute approximate surface area is 132 Å². The number of aldehydes is 2. The van der Waals surface area contributed by atoms with Crippen molar-refractivity contribution >= 4 is 12.6 Å².